The van der Waals surface area contributed by atoms with Crippen LogP contribution in [0.25, 0.3) is 0 Å². The molecule has 1 fully saturated rings. The Kier molecular flexibility index (Phi) is 12.6. The van der Waals surface area contributed by atoms with Gasteiger partial charge in [0, 0.05) is 48.8 Å². The fourth-order valence-corrected chi connectivity index (χ4v) is 7.41. The molecule has 2 aromatic carbocycles. The van der Waals surface area contributed by atoms with E-state index < -0.39 is 25.0 Å². The molecule has 1 aliphatic carbocycles. The smallest absolute Gasteiger partial charge is 0.253 e. The molecule has 41 heavy (non-hydrogen) atoms. The van der Waals surface area contributed by atoms with Crippen LogP contribution in [0.1, 0.15) is 92.0 Å². The van der Waals surface area contributed by atoms with E-state index in [2.05, 4.69) is 10.6 Å². The first-order valence-corrected chi connectivity index (χ1v) is 16.9. The maximum Gasteiger partial charge on any atom is 0.253 e. The maximum absolute atomic E-state index is 13.8. The van der Waals surface area contributed by atoms with Crippen LogP contribution in [0.5, 0.6) is 0 Å². The van der Waals surface area contributed by atoms with E-state index in [0.29, 0.717) is 18.7 Å². The van der Waals surface area contributed by atoms with Crippen molar-refractivity contribution in [2.75, 3.05) is 19.3 Å². The molecule has 0 bridgehead atoms. The Bertz CT molecular complexity index is 1190. The summed E-state index contributed by atoms with van der Waals surface area (Å²) < 4.78 is 13.8. The van der Waals surface area contributed by atoms with Gasteiger partial charge in [-0.3, -0.25) is 18.9 Å². The SMILES string of the molecule is CCCN(CCC)C(=O)c1cccc(C(=O)N[C@@H](Cc2ccccc2)P(=O)(O)CC(C)C(=O)NC2CCCCC2)c1. The number of hydrogen-bond acceptors (Lipinski definition) is 4. The van der Waals surface area contributed by atoms with Crippen molar-refractivity contribution in [3.63, 3.8) is 0 Å². The van der Waals surface area contributed by atoms with E-state index in [0.717, 1.165) is 44.1 Å². The number of benzene rings is 2. The van der Waals surface area contributed by atoms with E-state index in [1.807, 2.05) is 44.2 Å². The molecule has 2 unspecified atom stereocenters. The van der Waals surface area contributed by atoms with Crippen molar-refractivity contribution in [1.82, 2.24) is 15.5 Å². The topological polar surface area (TPSA) is 116 Å². The molecule has 0 radical (unpaired) electrons. The highest BCUT2D eigenvalue weighted by molar-refractivity contribution is 7.58. The fourth-order valence-electron chi connectivity index (χ4n) is 5.39. The summed E-state index contributed by atoms with van der Waals surface area (Å²) in [5, 5.41) is 5.83. The van der Waals surface area contributed by atoms with Gasteiger partial charge in [-0.2, -0.15) is 0 Å². The van der Waals surface area contributed by atoms with E-state index in [9.17, 15) is 23.8 Å². The molecule has 9 heteroatoms. The third-order valence-corrected chi connectivity index (χ3v) is 9.99. The van der Waals surface area contributed by atoms with Gasteiger partial charge >= 0.3 is 0 Å². The lowest BCUT2D eigenvalue weighted by Crippen LogP contribution is -2.42. The Balaban J connectivity index is 1.78. The van der Waals surface area contributed by atoms with Crippen LogP contribution in [0.4, 0.5) is 0 Å². The highest BCUT2D eigenvalue weighted by Gasteiger charge is 2.36. The van der Waals surface area contributed by atoms with Crippen molar-refractivity contribution in [2.24, 2.45) is 5.92 Å². The number of carbonyl (C=O) groups is 3. The van der Waals surface area contributed by atoms with Crippen LogP contribution in [0.2, 0.25) is 0 Å². The summed E-state index contributed by atoms with van der Waals surface area (Å²) >= 11 is 0. The van der Waals surface area contributed by atoms with Crippen LogP contribution in [0.3, 0.4) is 0 Å². The van der Waals surface area contributed by atoms with Crippen LogP contribution >= 0.6 is 7.37 Å². The molecule has 224 valence electrons. The molecule has 0 aromatic heterocycles. The summed E-state index contributed by atoms with van der Waals surface area (Å²) in [5.74, 6) is -2.70. The van der Waals surface area contributed by atoms with Crippen molar-refractivity contribution < 1.29 is 23.8 Å². The van der Waals surface area contributed by atoms with Crippen LogP contribution in [0.15, 0.2) is 54.6 Å². The minimum atomic E-state index is -4.04. The van der Waals surface area contributed by atoms with Gasteiger partial charge in [-0.05, 0) is 49.4 Å². The number of nitrogens with one attached hydrogen (secondary N) is 2. The summed E-state index contributed by atoms with van der Waals surface area (Å²) in [7, 11) is -4.04. The van der Waals surface area contributed by atoms with Gasteiger partial charge in [-0.25, -0.2) is 0 Å². The van der Waals surface area contributed by atoms with E-state index >= 15 is 0 Å². The zero-order valence-electron chi connectivity index (χ0n) is 24.7. The highest BCUT2D eigenvalue weighted by Crippen LogP contribution is 2.48. The fraction of sp³-hybridized carbons (Fsp3) is 0.531. The highest BCUT2D eigenvalue weighted by atomic mass is 31.2. The zero-order chi connectivity index (χ0) is 29.8. The third kappa shape index (κ3) is 9.82. The summed E-state index contributed by atoms with van der Waals surface area (Å²) in [6.45, 7) is 6.95. The van der Waals surface area contributed by atoms with E-state index in [1.54, 1.807) is 30.0 Å². The normalized spacial score (nSPS) is 16.7. The van der Waals surface area contributed by atoms with Crippen LogP contribution in [-0.2, 0) is 15.8 Å². The monoisotopic (exact) mass is 583 g/mol. The summed E-state index contributed by atoms with van der Waals surface area (Å²) in [6, 6.07) is 15.8. The molecular weight excluding hydrogens is 537 g/mol. The van der Waals surface area contributed by atoms with Gasteiger partial charge in [0.2, 0.25) is 13.3 Å². The van der Waals surface area contributed by atoms with Crippen molar-refractivity contribution in [3.8, 4) is 0 Å². The predicted octanol–water partition coefficient (Wildman–Crippen LogP) is 5.60. The zero-order valence-corrected chi connectivity index (χ0v) is 25.6. The molecule has 3 amide bonds. The van der Waals surface area contributed by atoms with Gasteiger partial charge in [-0.15, -0.1) is 0 Å². The number of rotatable bonds is 14. The van der Waals surface area contributed by atoms with E-state index in [4.69, 9.17) is 0 Å². The quantitative estimate of drug-likeness (QED) is 0.250. The third-order valence-electron chi connectivity index (χ3n) is 7.64. The second kappa shape index (κ2) is 15.9. The Morgan fingerprint density at radius 3 is 2.22 bits per heavy atom. The van der Waals surface area contributed by atoms with Crippen LogP contribution in [-0.4, -0.2) is 58.6 Å². The first kappa shape index (κ1) is 32.6. The average Bonchev–Trinajstić information content (AvgIpc) is 2.97. The second-order valence-electron chi connectivity index (χ2n) is 11.2. The molecule has 0 heterocycles. The molecular formula is C32H46N3O5P. The van der Waals surface area contributed by atoms with Crippen molar-refractivity contribution in [1.29, 1.82) is 0 Å². The molecule has 1 aliphatic rings. The number of carbonyl (C=O) groups excluding carboxylic acids is 3. The molecule has 1 saturated carbocycles. The first-order chi connectivity index (χ1) is 19.6. The molecule has 3 atom stereocenters. The second-order valence-corrected chi connectivity index (χ2v) is 13.7. The minimum absolute atomic E-state index is 0.108. The lowest BCUT2D eigenvalue weighted by molar-refractivity contribution is -0.124. The minimum Gasteiger partial charge on any atom is -0.353 e. The Morgan fingerprint density at radius 2 is 1.59 bits per heavy atom. The number of nitrogens with zero attached hydrogens (tertiary/aromatic N) is 1. The Morgan fingerprint density at radius 1 is 0.951 bits per heavy atom. The van der Waals surface area contributed by atoms with Gasteiger partial charge in [0.25, 0.3) is 11.8 Å². The lowest BCUT2D eigenvalue weighted by Gasteiger charge is -2.28. The first-order valence-electron chi connectivity index (χ1n) is 15.0. The van der Waals surface area contributed by atoms with Gasteiger partial charge < -0.3 is 20.4 Å². The van der Waals surface area contributed by atoms with Crippen LogP contribution < -0.4 is 10.6 Å². The van der Waals surface area contributed by atoms with Crippen molar-refractivity contribution >= 4 is 25.1 Å². The van der Waals surface area contributed by atoms with Gasteiger partial charge in [0.1, 0.15) is 5.78 Å². The lowest BCUT2D eigenvalue weighted by atomic mass is 9.95. The van der Waals surface area contributed by atoms with E-state index in [1.165, 1.54) is 12.5 Å². The molecule has 3 N–H and O–H groups in total. The molecule has 3 rings (SSSR count). The summed E-state index contributed by atoms with van der Waals surface area (Å²) in [5.41, 5.74) is 1.44. The predicted molar refractivity (Wildman–Crippen MR) is 163 cm³/mol. The molecule has 0 aliphatic heterocycles. The Hall–Kier alpha value is -2.96. The van der Waals surface area contributed by atoms with Crippen molar-refractivity contribution in [3.05, 3.63) is 71.3 Å². The van der Waals surface area contributed by atoms with Crippen LogP contribution in [0, 0.1) is 5.92 Å². The average molecular weight is 584 g/mol. The summed E-state index contributed by atoms with van der Waals surface area (Å²) in [6.07, 6.45) is 6.72. The molecule has 8 nitrogen and oxygen atoms in total. The Labute approximate surface area is 244 Å². The number of amides is 3. The molecule has 0 saturated heterocycles. The van der Waals surface area contributed by atoms with Gasteiger partial charge in [-0.1, -0.05) is 76.4 Å². The maximum atomic E-state index is 13.8. The number of hydrogen-bond donors (Lipinski definition) is 3. The molecule has 0 spiro atoms. The van der Waals surface area contributed by atoms with Gasteiger partial charge in [0.05, 0.1) is 0 Å². The van der Waals surface area contributed by atoms with Gasteiger partial charge in [0.15, 0.2) is 0 Å². The van der Waals surface area contributed by atoms with Crippen molar-refractivity contribution in [2.45, 2.75) is 84.0 Å². The molecule has 2 aromatic rings. The van der Waals surface area contributed by atoms with E-state index in [-0.39, 0.29) is 36.0 Å². The summed E-state index contributed by atoms with van der Waals surface area (Å²) in [4.78, 5) is 52.5. The standard InChI is InChI=1S/C32H46N3O5P/c1-4-19-35(20-5-2)32(38)27-16-12-15-26(22-27)31(37)34-29(21-25-13-8-6-9-14-25)41(39,40)23-24(3)30(36)33-28-17-10-7-11-18-28/h6,8-9,12-16,22,24,28-29H,4-5,7,10-11,17-21,23H2,1-3H3,(H,33,36)(H,34,37)(H,39,40)/t24?,29-/m1/s1. The largest absolute Gasteiger partial charge is 0.353 e.